The fraction of sp³-hybridized carbons (Fsp3) is 0.667. The van der Waals surface area contributed by atoms with Gasteiger partial charge >= 0.3 is 0 Å². The number of aryl methyl sites for hydroxylation is 1. The molecule has 0 aliphatic heterocycles. The molecule has 1 fully saturated rings. The predicted octanol–water partition coefficient (Wildman–Crippen LogP) is 3.45. The van der Waals surface area contributed by atoms with Crippen LogP contribution >= 0.6 is 0 Å². The third kappa shape index (κ3) is 3.06. The number of nitrogens with zero attached hydrogens (tertiary/aromatic N) is 1. The smallest absolute Gasteiger partial charge is 0.0570 e. The Morgan fingerprint density at radius 3 is 2.76 bits per heavy atom. The topological polar surface area (TPSA) is 24.9 Å². The van der Waals surface area contributed by atoms with Crippen molar-refractivity contribution in [1.82, 2.24) is 10.3 Å². The van der Waals surface area contributed by atoms with Gasteiger partial charge in [-0.25, -0.2) is 0 Å². The Morgan fingerprint density at radius 2 is 2.12 bits per heavy atom. The van der Waals surface area contributed by atoms with E-state index >= 15 is 0 Å². The Balaban J connectivity index is 1.85. The van der Waals surface area contributed by atoms with Crippen LogP contribution in [0.15, 0.2) is 18.3 Å². The summed E-state index contributed by atoms with van der Waals surface area (Å²) in [6.45, 7) is 6.53. The van der Waals surface area contributed by atoms with Gasteiger partial charge in [-0.1, -0.05) is 25.8 Å². The minimum absolute atomic E-state index is 0.572. The minimum atomic E-state index is 0.572. The first kappa shape index (κ1) is 12.6. The van der Waals surface area contributed by atoms with Gasteiger partial charge in [-0.05, 0) is 43.2 Å². The van der Waals surface area contributed by atoms with Crippen LogP contribution in [-0.4, -0.2) is 11.5 Å². The molecule has 2 nitrogen and oxygen atoms in total. The van der Waals surface area contributed by atoms with Crippen LogP contribution in [0.4, 0.5) is 0 Å². The lowest BCUT2D eigenvalue weighted by molar-refractivity contribution is 0.267. The minimum Gasteiger partial charge on any atom is -0.311 e. The number of hydrogen-bond donors (Lipinski definition) is 1. The van der Waals surface area contributed by atoms with E-state index in [1.807, 2.05) is 12.3 Å². The van der Waals surface area contributed by atoms with Gasteiger partial charge in [-0.2, -0.15) is 0 Å². The van der Waals surface area contributed by atoms with Gasteiger partial charge in [0.15, 0.2) is 0 Å². The van der Waals surface area contributed by atoms with E-state index < -0.39 is 0 Å². The highest BCUT2D eigenvalue weighted by Crippen LogP contribution is 2.40. The van der Waals surface area contributed by atoms with Gasteiger partial charge in [0.2, 0.25) is 0 Å². The van der Waals surface area contributed by atoms with E-state index in [9.17, 15) is 0 Å². The molecule has 0 amide bonds. The van der Waals surface area contributed by atoms with Crippen LogP contribution in [-0.2, 0) is 6.54 Å². The normalized spacial score (nSPS) is 18.5. The van der Waals surface area contributed by atoms with Crippen LogP contribution < -0.4 is 5.32 Å². The van der Waals surface area contributed by atoms with Gasteiger partial charge < -0.3 is 5.32 Å². The molecule has 0 radical (unpaired) electrons. The first-order chi connectivity index (χ1) is 8.26. The summed E-state index contributed by atoms with van der Waals surface area (Å²) < 4.78 is 0. The molecule has 0 saturated heterocycles. The van der Waals surface area contributed by atoms with Crippen LogP contribution in [0.3, 0.4) is 0 Å². The van der Waals surface area contributed by atoms with Crippen molar-refractivity contribution in [3.63, 3.8) is 0 Å². The molecule has 0 unspecified atom stereocenters. The van der Waals surface area contributed by atoms with Crippen molar-refractivity contribution in [3.8, 4) is 0 Å². The van der Waals surface area contributed by atoms with Gasteiger partial charge in [-0.15, -0.1) is 0 Å². The average molecular weight is 232 g/mol. The molecule has 1 heterocycles. The summed E-state index contributed by atoms with van der Waals surface area (Å²) in [5.41, 5.74) is 3.05. The van der Waals surface area contributed by atoms with Crippen molar-refractivity contribution < 1.29 is 0 Å². The first-order valence-electron chi connectivity index (χ1n) is 6.87. The number of nitrogens with one attached hydrogen (secondary N) is 1. The molecule has 1 aromatic heterocycles. The standard InChI is InChI=1S/C15H24N2/c1-3-15(8-4-5-9-15)12-16-11-14-13(2)7-6-10-17-14/h6-7,10,16H,3-5,8-9,11-12H2,1-2H3. The van der Waals surface area contributed by atoms with Crippen molar-refractivity contribution >= 4 is 0 Å². The predicted molar refractivity (Wildman–Crippen MR) is 71.9 cm³/mol. The van der Waals surface area contributed by atoms with Crippen LogP contribution in [0.5, 0.6) is 0 Å². The number of rotatable bonds is 5. The highest BCUT2D eigenvalue weighted by molar-refractivity contribution is 5.17. The molecule has 1 saturated carbocycles. The zero-order valence-corrected chi connectivity index (χ0v) is 11.1. The Labute approximate surface area is 105 Å². The quantitative estimate of drug-likeness (QED) is 0.841. The summed E-state index contributed by atoms with van der Waals surface area (Å²) in [7, 11) is 0. The van der Waals surface area contributed by atoms with Gasteiger partial charge in [-0.3, -0.25) is 4.98 Å². The van der Waals surface area contributed by atoms with Gasteiger partial charge in [0.25, 0.3) is 0 Å². The average Bonchev–Trinajstić information content (AvgIpc) is 2.81. The second-order valence-corrected chi connectivity index (χ2v) is 5.43. The molecule has 0 atom stereocenters. The summed E-state index contributed by atoms with van der Waals surface area (Å²) in [6.07, 6.45) is 8.82. The van der Waals surface area contributed by atoms with Crippen molar-refractivity contribution in [2.24, 2.45) is 5.41 Å². The fourth-order valence-corrected chi connectivity index (χ4v) is 2.93. The van der Waals surface area contributed by atoms with E-state index in [1.54, 1.807) is 0 Å². The van der Waals surface area contributed by atoms with Crippen LogP contribution in [0.2, 0.25) is 0 Å². The lowest BCUT2D eigenvalue weighted by atomic mass is 9.83. The lowest BCUT2D eigenvalue weighted by Gasteiger charge is -2.27. The maximum atomic E-state index is 4.43. The second kappa shape index (κ2) is 5.63. The summed E-state index contributed by atoms with van der Waals surface area (Å²) in [4.78, 5) is 4.43. The van der Waals surface area contributed by atoms with Crippen LogP contribution in [0.1, 0.15) is 50.3 Å². The third-order valence-corrected chi connectivity index (χ3v) is 4.32. The van der Waals surface area contributed by atoms with Crippen molar-refractivity contribution in [3.05, 3.63) is 29.6 Å². The molecule has 2 heteroatoms. The summed E-state index contributed by atoms with van der Waals surface area (Å²) in [5, 5.41) is 3.61. The number of aromatic nitrogens is 1. The molecule has 0 bridgehead atoms. The molecule has 1 aliphatic carbocycles. The monoisotopic (exact) mass is 232 g/mol. The Kier molecular flexibility index (Phi) is 4.16. The third-order valence-electron chi connectivity index (χ3n) is 4.32. The first-order valence-corrected chi connectivity index (χ1v) is 6.87. The maximum Gasteiger partial charge on any atom is 0.0570 e. The highest BCUT2D eigenvalue weighted by atomic mass is 14.9. The number of hydrogen-bond acceptors (Lipinski definition) is 2. The molecule has 2 rings (SSSR count). The molecular weight excluding hydrogens is 208 g/mol. The Morgan fingerprint density at radius 1 is 1.35 bits per heavy atom. The van der Waals surface area contributed by atoms with Gasteiger partial charge in [0.05, 0.1) is 5.69 Å². The number of pyridine rings is 1. The molecule has 0 spiro atoms. The SMILES string of the molecule is CCC1(CNCc2ncccc2C)CCCC1. The highest BCUT2D eigenvalue weighted by Gasteiger charge is 2.31. The van der Waals surface area contributed by atoms with E-state index in [2.05, 4.69) is 30.2 Å². The molecule has 94 valence electrons. The van der Waals surface area contributed by atoms with E-state index in [-0.39, 0.29) is 0 Å². The van der Waals surface area contributed by atoms with Gasteiger partial charge in [0.1, 0.15) is 0 Å². The van der Waals surface area contributed by atoms with E-state index in [0.29, 0.717) is 5.41 Å². The molecule has 1 aliphatic rings. The van der Waals surface area contributed by atoms with Crippen molar-refractivity contribution in [2.75, 3.05) is 6.54 Å². The summed E-state index contributed by atoms with van der Waals surface area (Å²) in [5.74, 6) is 0. The molecule has 17 heavy (non-hydrogen) atoms. The fourth-order valence-electron chi connectivity index (χ4n) is 2.93. The molecule has 1 N–H and O–H groups in total. The maximum absolute atomic E-state index is 4.43. The van der Waals surface area contributed by atoms with Crippen molar-refractivity contribution in [1.29, 1.82) is 0 Å². The summed E-state index contributed by atoms with van der Waals surface area (Å²) >= 11 is 0. The van der Waals surface area contributed by atoms with E-state index in [0.717, 1.165) is 13.1 Å². The summed E-state index contributed by atoms with van der Waals surface area (Å²) in [6, 6.07) is 4.14. The molecular formula is C15H24N2. The Bertz CT molecular complexity index is 354. The zero-order valence-electron chi connectivity index (χ0n) is 11.1. The van der Waals surface area contributed by atoms with Crippen LogP contribution in [0.25, 0.3) is 0 Å². The van der Waals surface area contributed by atoms with E-state index in [1.165, 1.54) is 43.4 Å². The molecule has 0 aromatic carbocycles. The van der Waals surface area contributed by atoms with Crippen molar-refractivity contribution in [2.45, 2.75) is 52.5 Å². The lowest BCUT2D eigenvalue weighted by Crippen LogP contribution is -2.31. The molecule has 1 aromatic rings. The largest absolute Gasteiger partial charge is 0.311 e. The van der Waals surface area contributed by atoms with Crippen LogP contribution in [0, 0.1) is 12.3 Å². The Hall–Kier alpha value is -0.890. The van der Waals surface area contributed by atoms with Gasteiger partial charge in [0, 0.05) is 19.3 Å². The van der Waals surface area contributed by atoms with E-state index in [4.69, 9.17) is 0 Å². The zero-order chi connectivity index (χ0) is 12.1. The second-order valence-electron chi connectivity index (χ2n) is 5.43.